The average Bonchev–Trinajstić information content (AvgIpc) is 2.53. The predicted octanol–water partition coefficient (Wildman–Crippen LogP) is 4.32. The minimum atomic E-state index is 0.696. The minimum Gasteiger partial charge on any atom is -0.380 e. The van der Waals surface area contributed by atoms with Gasteiger partial charge in [0.25, 0.3) is 0 Å². The van der Waals surface area contributed by atoms with Crippen LogP contribution in [0.15, 0.2) is 66.7 Å². The lowest BCUT2D eigenvalue weighted by Crippen LogP contribution is -2.00. The van der Waals surface area contributed by atoms with E-state index in [0.717, 1.165) is 11.3 Å². The topological polar surface area (TPSA) is 35.8 Å². The second-order valence-corrected chi connectivity index (χ2v) is 4.69. The van der Waals surface area contributed by atoms with Crippen molar-refractivity contribution in [1.29, 1.82) is 5.26 Å². The Morgan fingerprint density at radius 2 is 1.70 bits per heavy atom. The molecule has 0 fully saturated rings. The largest absolute Gasteiger partial charge is 0.380 e. The summed E-state index contributed by atoms with van der Waals surface area (Å²) in [5, 5.41) is 14.8. The first-order chi connectivity index (χ1) is 9.86. The van der Waals surface area contributed by atoms with Crippen molar-refractivity contribution in [2.45, 2.75) is 6.54 Å². The number of anilines is 1. The molecule has 0 bridgehead atoms. The highest BCUT2D eigenvalue weighted by atomic mass is 14.9. The normalized spacial score (nSPS) is 10.2. The van der Waals surface area contributed by atoms with Gasteiger partial charge in [-0.2, -0.15) is 5.26 Å². The van der Waals surface area contributed by atoms with Gasteiger partial charge in [-0.1, -0.05) is 48.5 Å². The van der Waals surface area contributed by atoms with Gasteiger partial charge in [0.05, 0.1) is 11.6 Å². The summed E-state index contributed by atoms with van der Waals surface area (Å²) in [5.74, 6) is 0. The highest BCUT2D eigenvalue weighted by molar-refractivity contribution is 5.93. The Bertz CT molecular complexity index is 779. The van der Waals surface area contributed by atoms with E-state index in [9.17, 15) is 0 Å². The van der Waals surface area contributed by atoms with Gasteiger partial charge < -0.3 is 5.32 Å². The zero-order valence-electron chi connectivity index (χ0n) is 11.0. The van der Waals surface area contributed by atoms with Gasteiger partial charge in [0.2, 0.25) is 0 Å². The highest BCUT2D eigenvalue weighted by Gasteiger charge is 2.00. The molecule has 20 heavy (non-hydrogen) atoms. The molecule has 3 rings (SSSR count). The van der Waals surface area contributed by atoms with E-state index < -0.39 is 0 Å². The van der Waals surface area contributed by atoms with Crippen LogP contribution in [-0.2, 0) is 6.54 Å². The molecule has 2 heteroatoms. The first kappa shape index (κ1) is 12.3. The molecule has 0 saturated carbocycles. The minimum absolute atomic E-state index is 0.696. The molecule has 0 aliphatic carbocycles. The molecule has 0 atom stereocenters. The Morgan fingerprint density at radius 1 is 0.900 bits per heavy atom. The van der Waals surface area contributed by atoms with Crippen LogP contribution in [0.4, 0.5) is 5.69 Å². The lowest BCUT2D eigenvalue weighted by molar-refractivity contribution is 1.15. The fraction of sp³-hybridized carbons (Fsp3) is 0.0556. The molecule has 2 nitrogen and oxygen atoms in total. The maximum atomic E-state index is 8.92. The molecule has 1 N–H and O–H groups in total. The molecule has 0 aromatic heterocycles. The first-order valence-corrected chi connectivity index (χ1v) is 6.57. The van der Waals surface area contributed by atoms with Crippen molar-refractivity contribution in [3.8, 4) is 6.07 Å². The molecule has 0 aliphatic heterocycles. The van der Waals surface area contributed by atoms with Crippen molar-refractivity contribution < 1.29 is 0 Å². The van der Waals surface area contributed by atoms with Crippen LogP contribution in [0.3, 0.4) is 0 Å². The number of hydrogen-bond acceptors (Lipinski definition) is 2. The van der Waals surface area contributed by atoms with Gasteiger partial charge in [0, 0.05) is 17.6 Å². The maximum absolute atomic E-state index is 8.92. The van der Waals surface area contributed by atoms with Gasteiger partial charge in [-0.3, -0.25) is 0 Å². The molecule has 0 saturated heterocycles. The van der Waals surface area contributed by atoms with Crippen molar-refractivity contribution in [3.05, 3.63) is 77.9 Å². The predicted molar refractivity (Wildman–Crippen MR) is 82.4 cm³/mol. The van der Waals surface area contributed by atoms with E-state index >= 15 is 0 Å². The zero-order chi connectivity index (χ0) is 13.8. The Morgan fingerprint density at radius 3 is 2.60 bits per heavy atom. The van der Waals surface area contributed by atoms with Gasteiger partial charge in [-0.05, 0) is 29.1 Å². The summed E-state index contributed by atoms with van der Waals surface area (Å²) in [7, 11) is 0. The van der Waals surface area contributed by atoms with Crippen molar-refractivity contribution in [2.24, 2.45) is 0 Å². The maximum Gasteiger partial charge on any atom is 0.0991 e. The second kappa shape index (κ2) is 5.46. The number of nitrogens with zero attached hydrogens (tertiary/aromatic N) is 1. The van der Waals surface area contributed by atoms with Crippen molar-refractivity contribution in [1.82, 2.24) is 0 Å². The van der Waals surface area contributed by atoms with Crippen LogP contribution in [0, 0.1) is 11.3 Å². The molecular formula is C18H14N2. The lowest BCUT2D eigenvalue weighted by atomic mass is 10.1. The fourth-order valence-electron chi connectivity index (χ4n) is 2.33. The average molecular weight is 258 g/mol. The monoisotopic (exact) mass is 258 g/mol. The summed E-state index contributed by atoms with van der Waals surface area (Å²) >= 11 is 0. The molecule has 0 spiro atoms. The third kappa shape index (κ3) is 2.48. The van der Waals surface area contributed by atoms with E-state index in [1.54, 1.807) is 0 Å². The van der Waals surface area contributed by atoms with Crippen molar-refractivity contribution in [2.75, 3.05) is 5.32 Å². The van der Waals surface area contributed by atoms with E-state index in [4.69, 9.17) is 5.26 Å². The Labute approximate surface area is 118 Å². The van der Waals surface area contributed by atoms with Crippen LogP contribution >= 0.6 is 0 Å². The van der Waals surface area contributed by atoms with E-state index in [1.807, 2.05) is 36.4 Å². The molecule has 0 radical (unpaired) electrons. The van der Waals surface area contributed by atoms with E-state index in [1.165, 1.54) is 10.8 Å². The molecular weight excluding hydrogens is 244 g/mol. The van der Waals surface area contributed by atoms with Gasteiger partial charge in [0.15, 0.2) is 0 Å². The quantitative estimate of drug-likeness (QED) is 0.759. The van der Waals surface area contributed by atoms with Crippen LogP contribution in [-0.4, -0.2) is 0 Å². The summed E-state index contributed by atoms with van der Waals surface area (Å²) in [6.45, 7) is 0.712. The van der Waals surface area contributed by atoms with Crippen LogP contribution in [0.1, 0.15) is 11.1 Å². The Kier molecular flexibility index (Phi) is 3.34. The summed E-state index contributed by atoms with van der Waals surface area (Å²) in [6.07, 6.45) is 0. The molecule has 0 amide bonds. The lowest BCUT2D eigenvalue weighted by Gasteiger charge is -2.10. The third-order valence-corrected chi connectivity index (χ3v) is 3.33. The van der Waals surface area contributed by atoms with E-state index in [-0.39, 0.29) is 0 Å². The van der Waals surface area contributed by atoms with Crippen molar-refractivity contribution in [3.63, 3.8) is 0 Å². The second-order valence-electron chi connectivity index (χ2n) is 4.69. The molecule has 0 unspecified atom stereocenters. The molecule has 96 valence electrons. The van der Waals surface area contributed by atoms with Gasteiger partial charge in [-0.25, -0.2) is 0 Å². The summed E-state index contributed by atoms with van der Waals surface area (Å²) in [4.78, 5) is 0. The van der Waals surface area contributed by atoms with Crippen LogP contribution in [0.2, 0.25) is 0 Å². The molecule has 3 aromatic carbocycles. The van der Waals surface area contributed by atoms with Gasteiger partial charge >= 0.3 is 0 Å². The SMILES string of the molecule is N#Cc1cccc(CNc2cccc3ccccc23)c1. The summed E-state index contributed by atoms with van der Waals surface area (Å²) < 4.78 is 0. The Hall–Kier alpha value is -2.79. The third-order valence-electron chi connectivity index (χ3n) is 3.33. The van der Waals surface area contributed by atoms with Crippen LogP contribution in [0.25, 0.3) is 10.8 Å². The standard InChI is InChI=1S/C18H14N2/c19-12-14-5-3-6-15(11-14)13-20-18-10-4-8-16-7-1-2-9-17(16)18/h1-11,20H,13H2. The molecule has 3 aromatic rings. The summed E-state index contributed by atoms with van der Waals surface area (Å²) in [5.41, 5.74) is 2.92. The number of fused-ring (bicyclic) bond motifs is 1. The van der Waals surface area contributed by atoms with Crippen molar-refractivity contribution >= 4 is 16.5 Å². The van der Waals surface area contributed by atoms with Gasteiger partial charge in [-0.15, -0.1) is 0 Å². The number of benzene rings is 3. The van der Waals surface area contributed by atoms with Crippen LogP contribution < -0.4 is 5.32 Å². The number of nitrogens with one attached hydrogen (secondary N) is 1. The number of rotatable bonds is 3. The number of nitriles is 1. The number of hydrogen-bond donors (Lipinski definition) is 1. The molecule has 0 heterocycles. The van der Waals surface area contributed by atoms with E-state index in [0.29, 0.717) is 12.1 Å². The van der Waals surface area contributed by atoms with Crippen LogP contribution in [0.5, 0.6) is 0 Å². The Balaban J connectivity index is 1.85. The fourth-order valence-corrected chi connectivity index (χ4v) is 2.33. The zero-order valence-corrected chi connectivity index (χ0v) is 11.0. The van der Waals surface area contributed by atoms with E-state index in [2.05, 4.69) is 41.7 Å². The molecule has 0 aliphatic rings. The first-order valence-electron chi connectivity index (χ1n) is 6.57. The highest BCUT2D eigenvalue weighted by Crippen LogP contribution is 2.23. The summed E-state index contributed by atoms with van der Waals surface area (Å²) in [6, 6.07) is 24.4. The smallest absolute Gasteiger partial charge is 0.0991 e. The van der Waals surface area contributed by atoms with Gasteiger partial charge in [0.1, 0.15) is 0 Å².